The zero-order chi connectivity index (χ0) is 7.61. The van der Waals surface area contributed by atoms with E-state index in [2.05, 4.69) is 5.32 Å². The van der Waals surface area contributed by atoms with Crippen LogP contribution in [0.3, 0.4) is 0 Å². The molecule has 1 aliphatic heterocycles. The molecule has 4 nitrogen and oxygen atoms in total. The van der Waals surface area contributed by atoms with E-state index in [-0.39, 0.29) is 6.42 Å². The Bertz CT molecular complexity index is 141. The SMILES string of the molecule is NC(=O)CC1(O)CCNC1. The van der Waals surface area contributed by atoms with Gasteiger partial charge >= 0.3 is 0 Å². The van der Waals surface area contributed by atoms with Crippen LogP contribution in [0.2, 0.25) is 0 Å². The molecule has 0 spiro atoms. The summed E-state index contributed by atoms with van der Waals surface area (Å²) in [4.78, 5) is 10.4. The van der Waals surface area contributed by atoms with Crippen molar-refractivity contribution in [2.75, 3.05) is 13.1 Å². The quantitative estimate of drug-likeness (QED) is 0.445. The molecule has 1 heterocycles. The molecule has 0 saturated carbocycles. The molecule has 0 aromatic rings. The van der Waals surface area contributed by atoms with Gasteiger partial charge in [0.1, 0.15) is 0 Å². The minimum Gasteiger partial charge on any atom is -0.388 e. The van der Waals surface area contributed by atoms with Gasteiger partial charge in [0.15, 0.2) is 0 Å². The number of β-amino-alcohol motifs (C(OH)–C–C–N with tert-alkyl or cyclic N) is 1. The number of nitrogens with one attached hydrogen (secondary N) is 1. The zero-order valence-corrected chi connectivity index (χ0v) is 5.76. The highest BCUT2D eigenvalue weighted by Crippen LogP contribution is 2.17. The van der Waals surface area contributed by atoms with Crippen LogP contribution in [0.25, 0.3) is 0 Å². The number of carbonyl (C=O) groups is 1. The smallest absolute Gasteiger partial charge is 0.220 e. The van der Waals surface area contributed by atoms with Crippen molar-refractivity contribution in [1.29, 1.82) is 0 Å². The Morgan fingerprint density at radius 3 is 2.90 bits per heavy atom. The van der Waals surface area contributed by atoms with Crippen LogP contribution in [0.5, 0.6) is 0 Å². The van der Waals surface area contributed by atoms with Gasteiger partial charge in [-0.05, 0) is 13.0 Å². The second-order valence-electron chi connectivity index (χ2n) is 2.79. The van der Waals surface area contributed by atoms with E-state index in [9.17, 15) is 9.90 Å². The molecule has 58 valence electrons. The maximum absolute atomic E-state index is 10.4. The van der Waals surface area contributed by atoms with Crippen molar-refractivity contribution >= 4 is 5.91 Å². The lowest BCUT2D eigenvalue weighted by molar-refractivity contribution is -0.122. The number of amides is 1. The topological polar surface area (TPSA) is 75.4 Å². The summed E-state index contributed by atoms with van der Waals surface area (Å²) in [6.45, 7) is 1.25. The van der Waals surface area contributed by atoms with Gasteiger partial charge in [0.2, 0.25) is 5.91 Å². The molecule has 4 N–H and O–H groups in total. The van der Waals surface area contributed by atoms with Gasteiger partial charge in [-0.2, -0.15) is 0 Å². The van der Waals surface area contributed by atoms with Crippen molar-refractivity contribution in [2.45, 2.75) is 18.4 Å². The van der Waals surface area contributed by atoms with Gasteiger partial charge in [0.05, 0.1) is 12.0 Å². The molecule has 0 bridgehead atoms. The summed E-state index contributed by atoms with van der Waals surface area (Å²) in [6, 6.07) is 0. The second kappa shape index (κ2) is 2.56. The highest BCUT2D eigenvalue weighted by Gasteiger charge is 2.32. The molecule has 1 aliphatic rings. The van der Waals surface area contributed by atoms with Gasteiger partial charge in [-0.25, -0.2) is 0 Å². The minimum absolute atomic E-state index is 0.0694. The molecule has 4 heteroatoms. The number of hydrogen-bond acceptors (Lipinski definition) is 3. The third-order valence-electron chi connectivity index (χ3n) is 1.72. The molecule has 1 amide bonds. The van der Waals surface area contributed by atoms with E-state index in [1.807, 2.05) is 0 Å². The Morgan fingerprint density at radius 2 is 2.50 bits per heavy atom. The van der Waals surface area contributed by atoms with Crippen molar-refractivity contribution in [3.05, 3.63) is 0 Å². The van der Waals surface area contributed by atoms with E-state index in [0.717, 1.165) is 6.54 Å². The predicted molar refractivity (Wildman–Crippen MR) is 36.2 cm³/mol. The normalized spacial score (nSPS) is 32.5. The highest BCUT2D eigenvalue weighted by atomic mass is 16.3. The van der Waals surface area contributed by atoms with Crippen LogP contribution in [0.4, 0.5) is 0 Å². The molecule has 1 fully saturated rings. The Hall–Kier alpha value is -0.610. The molecular formula is C6H12N2O2. The van der Waals surface area contributed by atoms with Crippen LogP contribution in [-0.2, 0) is 4.79 Å². The second-order valence-corrected chi connectivity index (χ2v) is 2.79. The van der Waals surface area contributed by atoms with Crippen LogP contribution < -0.4 is 11.1 Å². The number of aliphatic hydroxyl groups is 1. The lowest BCUT2D eigenvalue weighted by Crippen LogP contribution is -2.36. The minimum atomic E-state index is -0.869. The summed E-state index contributed by atoms with van der Waals surface area (Å²) in [6.07, 6.45) is 0.690. The molecule has 0 aromatic carbocycles. The fraction of sp³-hybridized carbons (Fsp3) is 0.833. The van der Waals surface area contributed by atoms with Gasteiger partial charge in [0, 0.05) is 6.54 Å². The molecule has 1 atom stereocenters. The Kier molecular flexibility index (Phi) is 1.92. The van der Waals surface area contributed by atoms with E-state index in [0.29, 0.717) is 13.0 Å². The lowest BCUT2D eigenvalue weighted by Gasteiger charge is -2.18. The maximum atomic E-state index is 10.4. The van der Waals surface area contributed by atoms with Crippen molar-refractivity contribution in [3.63, 3.8) is 0 Å². The van der Waals surface area contributed by atoms with E-state index in [1.165, 1.54) is 0 Å². The van der Waals surface area contributed by atoms with Crippen molar-refractivity contribution in [3.8, 4) is 0 Å². The molecular weight excluding hydrogens is 132 g/mol. The van der Waals surface area contributed by atoms with Crippen LogP contribution in [-0.4, -0.2) is 29.7 Å². The number of primary amides is 1. The van der Waals surface area contributed by atoms with Crippen molar-refractivity contribution < 1.29 is 9.90 Å². The Labute approximate surface area is 59.4 Å². The standard InChI is InChI=1S/C6H12N2O2/c7-5(9)3-6(10)1-2-8-4-6/h8,10H,1-4H2,(H2,7,9). The number of nitrogens with two attached hydrogens (primary N) is 1. The first-order valence-corrected chi connectivity index (χ1v) is 3.34. The Morgan fingerprint density at radius 1 is 1.80 bits per heavy atom. The maximum Gasteiger partial charge on any atom is 0.220 e. The van der Waals surface area contributed by atoms with Crippen LogP contribution >= 0.6 is 0 Å². The van der Waals surface area contributed by atoms with Gasteiger partial charge < -0.3 is 16.2 Å². The first kappa shape index (κ1) is 7.50. The van der Waals surface area contributed by atoms with Gasteiger partial charge in [-0.1, -0.05) is 0 Å². The molecule has 1 unspecified atom stereocenters. The molecule has 10 heavy (non-hydrogen) atoms. The summed E-state index contributed by atoms with van der Waals surface area (Å²) < 4.78 is 0. The third-order valence-corrected chi connectivity index (χ3v) is 1.72. The van der Waals surface area contributed by atoms with Crippen LogP contribution in [0.15, 0.2) is 0 Å². The fourth-order valence-corrected chi connectivity index (χ4v) is 1.21. The molecule has 0 aromatic heterocycles. The van der Waals surface area contributed by atoms with Crippen LogP contribution in [0.1, 0.15) is 12.8 Å². The summed E-state index contributed by atoms with van der Waals surface area (Å²) in [5.41, 5.74) is 4.06. The summed E-state index contributed by atoms with van der Waals surface area (Å²) in [5, 5.41) is 12.5. The summed E-state index contributed by atoms with van der Waals surface area (Å²) >= 11 is 0. The molecule has 1 rings (SSSR count). The average Bonchev–Trinajstić information content (AvgIpc) is 2.12. The van der Waals surface area contributed by atoms with E-state index < -0.39 is 11.5 Å². The predicted octanol–water partition coefficient (Wildman–Crippen LogP) is -1.41. The molecule has 0 radical (unpaired) electrons. The largest absolute Gasteiger partial charge is 0.388 e. The van der Waals surface area contributed by atoms with E-state index in [1.54, 1.807) is 0 Å². The van der Waals surface area contributed by atoms with Gasteiger partial charge in [-0.3, -0.25) is 4.79 Å². The summed E-state index contributed by atoms with van der Waals surface area (Å²) in [5.74, 6) is -0.439. The average molecular weight is 144 g/mol. The molecule has 1 saturated heterocycles. The zero-order valence-electron chi connectivity index (χ0n) is 5.76. The van der Waals surface area contributed by atoms with Crippen molar-refractivity contribution in [2.24, 2.45) is 5.73 Å². The first-order chi connectivity index (χ1) is 4.62. The number of carbonyl (C=O) groups excluding carboxylic acids is 1. The van der Waals surface area contributed by atoms with Crippen molar-refractivity contribution in [1.82, 2.24) is 5.32 Å². The van der Waals surface area contributed by atoms with E-state index in [4.69, 9.17) is 5.73 Å². The molecule has 0 aliphatic carbocycles. The first-order valence-electron chi connectivity index (χ1n) is 3.34. The number of hydrogen-bond donors (Lipinski definition) is 3. The van der Waals surface area contributed by atoms with Gasteiger partial charge in [-0.15, -0.1) is 0 Å². The number of rotatable bonds is 2. The van der Waals surface area contributed by atoms with Crippen LogP contribution in [0, 0.1) is 0 Å². The fourth-order valence-electron chi connectivity index (χ4n) is 1.21. The van der Waals surface area contributed by atoms with Gasteiger partial charge in [0.25, 0.3) is 0 Å². The summed E-state index contributed by atoms with van der Waals surface area (Å²) in [7, 11) is 0. The Balaban J connectivity index is 2.43. The monoisotopic (exact) mass is 144 g/mol. The highest BCUT2D eigenvalue weighted by molar-refractivity contribution is 5.75. The third kappa shape index (κ3) is 1.68. The lowest BCUT2D eigenvalue weighted by atomic mass is 9.99. The van der Waals surface area contributed by atoms with E-state index >= 15 is 0 Å².